The summed E-state index contributed by atoms with van der Waals surface area (Å²) in [4.78, 5) is 14.2. The van der Waals surface area contributed by atoms with Gasteiger partial charge in [0.15, 0.2) is 0 Å². The lowest BCUT2D eigenvalue weighted by Crippen LogP contribution is -2.39. The van der Waals surface area contributed by atoms with Crippen LogP contribution in [0.2, 0.25) is 5.02 Å². The summed E-state index contributed by atoms with van der Waals surface area (Å²) in [5.74, 6) is -0.348. The summed E-state index contributed by atoms with van der Waals surface area (Å²) in [5.41, 5.74) is 6.00. The van der Waals surface area contributed by atoms with Crippen LogP contribution in [0.1, 0.15) is 56.5 Å². The third kappa shape index (κ3) is 5.34. The molecule has 7 nitrogen and oxygen atoms in total. The molecule has 1 aromatic heterocycles. The molecule has 0 fully saturated rings. The number of rotatable bonds is 3. The fraction of sp³-hybridized carbons (Fsp3) is 0.393. The van der Waals surface area contributed by atoms with E-state index in [0.717, 1.165) is 34.5 Å². The van der Waals surface area contributed by atoms with E-state index in [1.165, 1.54) is 11.6 Å². The maximum atomic E-state index is 14.6. The number of halogens is 2. The summed E-state index contributed by atoms with van der Waals surface area (Å²) < 4.78 is 22.1. The molecule has 1 unspecified atom stereocenters. The molecule has 0 bridgehead atoms. The van der Waals surface area contributed by atoms with Crippen LogP contribution in [-0.4, -0.2) is 44.7 Å². The van der Waals surface area contributed by atoms with Gasteiger partial charge in [-0.1, -0.05) is 35.0 Å². The zero-order chi connectivity index (χ0) is 26.3. The van der Waals surface area contributed by atoms with E-state index in [9.17, 15) is 9.18 Å². The number of amides is 1. The van der Waals surface area contributed by atoms with E-state index in [0.29, 0.717) is 36.8 Å². The number of nitrogens with zero attached hydrogens (tertiary/aromatic N) is 4. The van der Waals surface area contributed by atoms with Crippen LogP contribution in [0.3, 0.4) is 0 Å². The minimum Gasteiger partial charge on any atom is -0.444 e. The Morgan fingerprint density at radius 3 is 2.73 bits per heavy atom. The molecule has 37 heavy (non-hydrogen) atoms. The Balaban J connectivity index is 1.48. The van der Waals surface area contributed by atoms with Gasteiger partial charge in [-0.15, -0.1) is 5.10 Å². The lowest BCUT2D eigenvalue weighted by Gasteiger charge is -2.30. The average molecular weight is 524 g/mol. The first-order valence-corrected chi connectivity index (χ1v) is 12.9. The standard InChI is InChI=1S/C28H31ClFN5O2/c1-17-26-21-7-5-19(18-9-12-34(13-10-18)27(36)37-28(2,3)4)15-22(21)24(11-14-35(26)33-32-17)31-25-16-20(29)6-8-23(25)30/h5-9,15-16,24,31H,10-14H2,1-4H3. The topological polar surface area (TPSA) is 72.3 Å². The van der Waals surface area contributed by atoms with Crippen molar-refractivity contribution in [2.24, 2.45) is 0 Å². The third-order valence-corrected chi connectivity index (χ3v) is 6.94. The number of carbonyl (C=O) groups excluding carboxylic acids is 1. The van der Waals surface area contributed by atoms with Crippen LogP contribution in [0.15, 0.2) is 42.5 Å². The van der Waals surface area contributed by atoms with E-state index in [2.05, 4.69) is 39.9 Å². The molecule has 2 aliphatic rings. The van der Waals surface area contributed by atoms with Crippen LogP contribution in [-0.2, 0) is 11.3 Å². The van der Waals surface area contributed by atoms with Crippen molar-refractivity contribution in [3.63, 3.8) is 0 Å². The lowest BCUT2D eigenvalue weighted by atomic mass is 9.90. The van der Waals surface area contributed by atoms with Gasteiger partial charge in [-0.3, -0.25) is 0 Å². The van der Waals surface area contributed by atoms with Gasteiger partial charge in [0, 0.05) is 30.2 Å². The number of nitrogens with one attached hydrogen (secondary N) is 1. The first kappa shape index (κ1) is 25.3. The van der Waals surface area contributed by atoms with Gasteiger partial charge in [0.2, 0.25) is 0 Å². The average Bonchev–Trinajstić information content (AvgIpc) is 3.14. The van der Waals surface area contributed by atoms with Crippen LogP contribution < -0.4 is 5.32 Å². The number of anilines is 1. The molecule has 3 aromatic rings. The second-order valence-corrected chi connectivity index (χ2v) is 11.0. The number of benzene rings is 2. The number of aryl methyl sites for hydroxylation is 2. The van der Waals surface area contributed by atoms with E-state index in [-0.39, 0.29) is 18.0 Å². The molecule has 0 spiro atoms. The molecule has 194 valence electrons. The molecular formula is C28H31ClFN5O2. The second kappa shape index (κ2) is 9.82. The zero-order valence-corrected chi connectivity index (χ0v) is 22.3. The Kier molecular flexibility index (Phi) is 6.70. The van der Waals surface area contributed by atoms with Crippen LogP contribution >= 0.6 is 11.6 Å². The summed E-state index contributed by atoms with van der Waals surface area (Å²) >= 11 is 6.17. The van der Waals surface area contributed by atoms with Crippen molar-refractivity contribution < 1.29 is 13.9 Å². The number of carbonyl (C=O) groups is 1. The van der Waals surface area contributed by atoms with Gasteiger partial charge < -0.3 is 15.0 Å². The number of ether oxygens (including phenoxy) is 1. The van der Waals surface area contributed by atoms with Crippen LogP contribution in [0.5, 0.6) is 0 Å². The smallest absolute Gasteiger partial charge is 0.410 e. The second-order valence-electron chi connectivity index (χ2n) is 10.6. The molecular weight excluding hydrogens is 493 g/mol. The summed E-state index contributed by atoms with van der Waals surface area (Å²) in [6.07, 6.45) is 3.21. The summed E-state index contributed by atoms with van der Waals surface area (Å²) in [6.45, 7) is 9.29. The zero-order valence-electron chi connectivity index (χ0n) is 21.5. The van der Waals surface area contributed by atoms with Crippen molar-refractivity contribution in [3.8, 4) is 11.3 Å². The van der Waals surface area contributed by atoms with Gasteiger partial charge >= 0.3 is 6.09 Å². The lowest BCUT2D eigenvalue weighted by molar-refractivity contribution is 0.0270. The Morgan fingerprint density at radius 2 is 2.00 bits per heavy atom. The summed E-state index contributed by atoms with van der Waals surface area (Å²) in [7, 11) is 0. The predicted octanol–water partition coefficient (Wildman–Crippen LogP) is 6.63. The molecule has 2 aliphatic heterocycles. The van der Waals surface area contributed by atoms with Crippen molar-refractivity contribution in [2.75, 3.05) is 18.4 Å². The molecule has 3 heterocycles. The predicted molar refractivity (Wildman–Crippen MR) is 143 cm³/mol. The monoisotopic (exact) mass is 523 g/mol. The molecule has 0 saturated carbocycles. The highest BCUT2D eigenvalue weighted by Gasteiger charge is 2.28. The quantitative estimate of drug-likeness (QED) is 0.417. The first-order valence-electron chi connectivity index (χ1n) is 12.5. The van der Waals surface area contributed by atoms with Crippen molar-refractivity contribution in [2.45, 2.75) is 58.7 Å². The van der Waals surface area contributed by atoms with E-state index in [4.69, 9.17) is 16.3 Å². The van der Waals surface area contributed by atoms with Gasteiger partial charge in [0.25, 0.3) is 0 Å². The molecule has 0 radical (unpaired) electrons. The van der Waals surface area contributed by atoms with Gasteiger partial charge in [-0.2, -0.15) is 0 Å². The highest BCUT2D eigenvalue weighted by atomic mass is 35.5. The molecule has 0 aliphatic carbocycles. The summed E-state index contributed by atoms with van der Waals surface area (Å²) in [5, 5.41) is 12.5. The Morgan fingerprint density at radius 1 is 1.19 bits per heavy atom. The fourth-order valence-corrected chi connectivity index (χ4v) is 5.11. The Labute approximate surface area is 221 Å². The van der Waals surface area contributed by atoms with Crippen molar-refractivity contribution in [1.82, 2.24) is 19.9 Å². The number of hydrogen-bond acceptors (Lipinski definition) is 5. The number of fused-ring (bicyclic) bond motifs is 3. The van der Waals surface area contributed by atoms with Gasteiger partial charge in [0.05, 0.1) is 23.1 Å². The minimum absolute atomic E-state index is 0.161. The number of hydrogen-bond donors (Lipinski definition) is 1. The normalized spacial score (nSPS) is 17.4. The van der Waals surface area contributed by atoms with Gasteiger partial charge in [-0.25, -0.2) is 13.9 Å². The Bertz CT molecular complexity index is 1380. The van der Waals surface area contributed by atoms with E-state index < -0.39 is 5.60 Å². The van der Waals surface area contributed by atoms with Crippen LogP contribution in [0.4, 0.5) is 14.9 Å². The van der Waals surface area contributed by atoms with Gasteiger partial charge in [-0.05, 0) is 81.5 Å². The van der Waals surface area contributed by atoms with Crippen molar-refractivity contribution in [1.29, 1.82) is 0 Å². The molecule has 0 saturated heterocycles. The molecule has 1 atom stereocenters. The molecule has 9 heteroatoms. The highest BCUT2D eigenvalue weighted by molar-refractivity contribution is 6.30. The highest BCUT2D eigenvalue weighted by Crippen LogP contribution is 2.39. The molecule has 5 rings (SSSR count). The fourth-order valence-electron chi connectivity index (χ4n) is 4.93. The van der Waals surface area contributed by atoms with E-state index in [1.807, 2.05) is 32.4 Å². The molecule has 1 amide bonds. The van der Waals surface area contributed by atoms with E-state index >= 15 is 0 Å². The SMILES string of the molecule is Cc1nnn2c1-c1ccc(C3=CCN(C(=O)OC(C)(C)C)CC3)cc1C(Nc1cc(Cl)ccc1F)CC2. The summed E-state index contributed by atoms with van der Waals surface area (Å²) in [6, 6.07) is 10.8. The maximum absolute atomic E-state index is 14.6. The minimum atomic E-state index is -0.526. The van der Waals surface area contributed by atoms with Crippen LogP contribution in [0, 0.1) is 12.7 Å². The first-order chi connectivity index (χ1) is 17.6. The van der Waals surface area contributed by atoms with Crippen LogP contribution in [0.25, 0.3) is 16.8 Å². The molecule has 2 aromatic carbocycles. The van der Waals surface area contributed by atoms with Crippen molar-refractivity contribution >= 4 is 29.0 Å². The van der Waals surface area contributed by atoms with E-state index in [1.54, 1.807) is 17.0 Å². The third-order valence-electron chi connectivity index (χ3n) is 6.70. The molecule has 1 N–H and O–H groups in total. The largest absolute Gasteiger partial charge is 0.444 e. The Hall–Kier alpha value is -3.39. The maximum Gasteiger partial charge on any atom is 0.410 e. The van der Waals surface area contributed by atoms with Crippen molar-refractivity contribution in [3.05, 3.63) is 70.1 Å². The number of aromatic nitrogens is 3. The van der Waals surface area contributed by atoms with Gasteiger partial charge in [0.1, 0.15) is 11.4 Å².